The van der Waals surface area contributed by atoms with E-state index in [0.29, 0.717) is 17.4 Å². The molecule has 0 saturated heterocycles. The normalized spacial score (nSPS) is 23.1. The van der Waals surface area contributed by atoms with Crippen LogP contribution in [0.15, 0.2) is 48.5 Å². The molecule has 3 heteroatoms. The van der Waals surface area contributed by atoms with Gasteiger partial charge in [0.2, 0.25) is 0 Å². The van der Waals surface area contributed by atoms with Gasteiger partial charge in [-0.25, -0.2) is 8.78 Å². The minimum absolute atomic E-state index is 0.131. The van der Waals surface area contributed by atoms with Crippen LogP contribution in [0.3, 0.4) is 0 Å². The Kier molecular flexibility index (Phi) is 3.40. The second-order valence-electron chi connectivity index (χ2n) is 4.98. The van der Waals surface area contributed by atoms with Crippen molar-refractivity contribution in [2.45, 2.75) is 17.2 Å². The molecule has 0 amide bonds. The summed E-state index contributed by atoms with van der Waals surface area (Å²) in [6, 6.07) is 13.8. The summed E-state index contributed by atoms with van der Waals surface area (Å²) in [4.78, 5) is -0.131. The average molecular weight is 323 g/mol. The number of alkyl halides is 1. The quantitative estimate of drug-likeness (QED) is 0.681. The fraction of sp³-hybridized carbons (Fsp3) is 0.250. The number of hydrogen-bond donors (Lipinski definition) is 0. The molecule has 3 rings (SSSR count). The summed E-state index contributed by atoms with van der Waals surface area (Å²) in [5.74, 6) is 0.0340. The highest BCUT2D eigenvalue weighted by molar-refractivity contribution is 9.09. The van der Waals surface area contributed by atoms with Crippen LogP contribution in [0.2, 0.25) is 0 Å². The van der Waals surface area contributed by atoms with Crippen LogP contribution in [0.5, 0.6) is 0 Å². The van der Waals surface area contributed by atoms with E-state index in [1.54, 1.807) is 0 Å². The number of rotatable bonds is 3. The smallest absolute Gasteiger partial charge is 0.127 e. The maximum Gasteiger partial charge on any atom is 0.127 e. The Morgan fingerprint density at radius 1 is 1.05 bits per heavy atom. The van der Waals surface area contributed by atoms with Gasteiger partial charge in [0.1, 0.15) is 11.6 Å². The molecule has 1 fully saturated rings. The van der Waals surface area contributed by atoms with E-state index in [1.165, 1.54) is 17.7 Å². The van der Waals surface area contributed by atoms with Gasteiger partial charge in [-0.1, -0.05) is 46.3 Å². The number of benzene rings is 2. The van der Waals surface area contributed by atoms with Gasteiger partial charge in [-0.05, 0) is 42.0 Å². The lowest BCUT2D eigenvalue weighted by atomic mass is 10.0. The third-order valence-corrected chi connectivity index (χ3v) is 4.87. The zero-order valence-electron chi connectivity index (χ0n) is 10.2. The van der Waals surface area contributed by atoms with Gasteiger partial charge in [-0.15, -0.1) is 0 Å². The molecule has 1 aliphatic carbocycles. The maximum atomic E-state index is 13.7. The van der Waals surface area contributed by atoms with Crippen LogP contribution in [-0.2, 0) is 0 Å². The van der Waals surface area contributed by atoms with E-state index in [1.807, 2.05) is 18.2 Å². The van der Waals surface area contributed by atoms with Crippen LogP contribution in [0.25, 0.3) is 0 Å². The van der Waals surface area contributed by atoms with Crippen molar-refractivity contribution < 1.29 is 8.78 Å². The third-order valence-electron chi connectivity index (χ3n) is 3.70. The summed E-state index contributed by atoms with van der Waals surface area (Å²) in [6.07, 6.45) is 1.01. The fourth-order valence-electron chi connectivity index (χ4n) is 2.58. The Hall–Kier alpha value is -1.22. The van der Waals surface area contributed by atoms with Crippen molar-refractivity contribution in [1.29, 1.82) is 0 Å². The van der Waals surface area contributed by atoms with E-state index >= 15 is 0 Å². The molecule has 19 heavy (non-hydrogen) atoms. The Morgan fingerprint density at radius 3 is 2.53 bits per heavy atom. The Labute approximate surface area is 119 Å². The second kappa shape index (κ2) is 5.04. The molecule has 0 bridgehead atoms. The molecular formula is C16H13BrF2. The largest absolute Gasteiger partial charge is 0.207 e. The summed E-state index contributed by atoms with van der Waals surface area (Å²) < 4.78 is 27.0. The van der Waals surface area contributed by atoms with Crippen LogP contribution in [-0.4, -0.2) is 0 Å². The van der Waals surface area contributed by atoms with Crippen molar-refractivity contribution in [3.63, 3.8) is 0 Å². The predicted molar refractivity (Wildman–Crippen MR) is 75.3 cm³/mol. The van der Waals surface area contributed by atoms with E-state index < -0.39 is 5.82 Å². The first-order valence-electron chi connectivity index (χ1n) is 6.31. The molecule has 1 saturated carbocycles. The zero-order valence-corrected chi connectivity index (χ0v) is 11.8. The molecular weight excluding hydrogens is 310 g/mol. The van der Waals surface area contributed by atoms with Gasteiger partial charge in [0.05, 0.1) is 0 Å². The van der Waals surface area contributed by atoms with Gasteiger partial charge < -0.3 is 0 Å². The van der Waals surface area contributed by atoms with E-state index in [4.69, 9.17) is 0 Å². The molecule has 0 radical (unpaired) electrons. The van der Waals surface area contributed by atoms with Crippen molar-refractivity contribution in [2.24, 2.45) is 5.92 Å². The Morgan fingerprint density at radius 2 is 1.79 bits per heavy atom. The van der Waals surface area contributed by atoms with Gasteiger partial charge in [0.25, 0.3) is 0 Å². The molecule has 3 atom stereocenters. The molecule has 0 heterocycles. The Bertz CT molecular complexity index is 583. The topological polar surface area (TPSA) is 0 Å². The van der Waals surface area contributed by atoms with Crippen LogP contribution in [0, 0.1) is 17.6 Å². The highest BCUT2D eigenvalue weighted by Gasteiger charge is 2.44. The van der Waals surface area contributed by atoms with Gasteiger partial charge in [-0.2, -0.15) is 0 Å². The van der Waals surface area contributed by atoms with Gasteiger partial charge in [0.15, 0.2) is 0 Å². The Balaban J connectivity index is 1.80. The summed E-state index contributed by atoms with van der Waals surface area (Å²) in [5, 5.41) is 0. The van der Waals surface area contributed by atoms with Crippen molar-refractivity contribution in [3.05, 3.63) is 71.3 Å². The third kappa shape index (κ3) is 2.57. The summed E-state index contributed by atoms with van der Waals surface area (Å²) in [5.41, 5.74) is 1.69. The monoisotopic (exact) mass is 322 g/mol. The zero-order chi connectivity index (χ0) is 13.4. The highest BCUT2D eigenvalue weighted by Crippen LogP contribution is 2.57. The van der Waals surface area contributed by atoms with Crippen molar-refractivity contribution in [3.8, 4) is 0 Å². The first kappa shape index (κ1) is 12.8. The average Bonchev–Trinajstić information content (AvgIpc) is 3.22. The van der Waals surface area contributed by atoms with E-state index in [9.17, 15) is 8.78 Å². The van der Waals surface area contributed by atoms with Crippen LogP contribution in [0.4, 0.5) is 8.78 Å². The number of hydrogen-bond acceptors (Lipinski definition) is 0. The molecule has 1 aliphatic rings. The number of halogens is 3. The minimum Gasteiger partial charge on any atom is -0.207 e. The molecule has 0 spiro atoms. The van der Waals surface area contributed by atoms with Crippen LogP contribution >= 0.6 is 15.9 Å². The first-order valence-corrected chi connectivity index (χ1v) is 7.22. The lowest BCUT2D eigenvalue weighted by Gasteiger charge is -2.11. The molecule has 0 aliphatic heterocycles. The van der Waals surface area contributed by atoms with Crippen LogP contribution < -0.4 is 0 Å². The van der Waals surface area contributed by atoms with E-state index in [-0.39, 0.29) is 10.6 Å². The van der Waals surface area contributed by atoms with Gasteiger partial charge in [0, 0.05) is 10.4 Å². The van der Waals surface area contributed by atoms with Crippen LogP contribution in [0.1, 0.15) is 28.3 Å². The first-order chi connectivity index (χ1) is 9.16. The maximum absolute atomic E-state index is 13.7. The van der Waals surface area contributed by atoms with Gasteiger partial charge in [-0.3, -0.25) is 0 Å². The minimum atomic E-state index is -0.391. The van der Waals surface area contributed by atoms with E-state index in [2.05, 4.69) is 28.1 Å². The van der Waals surface area contributed by atoms with E-state index in [0.717, 1.165) is 12.5 Å². The molecule has 0 nitrogen and oxygen atoms in total. The summed E-state index contributed by atoms with van der Waals surface area (Å²) >= 11 is 3.53. The summed E-state index contributed by atoms with van der Waals surface area (Å²) in [6.45, 7) is 0. The van der Waals surface area contributed by atoms with Crippen molar-refractivity contribution >= 4 is 15.9 Å². The fourth-order valence-corrected chi connectivity index (χ4v) is 3.51. The molecule has 2 aromatic rings. The summed E-state index contributed by atoms with van der Waals surface area (Å²) in [7, 11) is 0. The predicted octanol–water partition coefficient (Wildman–Crippen LogP) is 5.20. The highest BCUT2D eigenvalue weighted by atomic mass is 79.9. The molecule has 3 unspecified atom stereocenters. The van der Waals surface area contributed by atoms with Crippen molar-refractivity contribution in [1.82, 2.24) is 0 Å². The van der Waals surface area contributed by atoms with Crippen molar-refractivity contribution in [2.75, 3.05) is 0 Å². The molecule has 2 aromatic carbocycles. The molecule has 0 N–H and O–H groups in total. The second-order valence-corrected chi connectivity index (χ2v) is 5.97. The standard InChI is InChI=1S/C16H13BrF2/c17-16(14-8-11(18)6-7-15(14)19)13-9-12(13)10-4-2-1-3-5-10/h1-8,12-13,16H,9H2. The lowest BCUT2D eigenvalue weighted by Crippen LogP contribution is -1.99. The lowest BCUT2D eigenvalue weighted by molar-refractivity contribution is 0.576. The van der Waals surface area contributed by atoms with Gasteiger partial charge >= 0.3 is 0 Å². The SMILES string of the molecule is Fc1ccc(F)c(C(Br)C2CC2c2ccccc2)c1. The molecule has 0 aromatic heterocycles. The molecule has 98 valence electrons.